The van der Waals surface area contributed by atoms with Crippen LogP contribution in [0.15, 0.2) is 12.3 Å². The largest absolute Gasteiger partial charge is 0.493 e. The number of nitrogens with one attached hydrogen (secondary N) is 2. The van der Waals surface area contributed by atoms with E-state index in [2.05, 4.69) is 25.5 Å². The van der Waals surface area contributed by atoms with Crippen LogP contribution in [-0.4, -0.2) is 49.4 Å². The Hall–Kier alpha value is -2.10. The Balaban J connectivity index is 0.00000145. The molecule has 0 fully saturated rings. The van der Waals surface area contributed by atoms with Gasteiger partial charge in [-0.3, -0.25) is 5.32 Å². The van der Waals surface area contributed by atoms with Crippen molar-refractivity contribution in [1.82, 2.24) is 15.3 Å². The van der Waals surface area contributed by atoms with Crippen molar-refractivity contribution in [3.8, 4) is 5.75 Å². The maximum atomic E-state index is 11.9. The van der Waals surface area contributed by atoms with Crippen molar-refractivity contribution in [3.63, 3.8) is 0 Å². The number of fused-ring (bicyclic) bond motifs is 1. The summed E-state index contributed by atoms with van der Waals surface area (Å²) in [4.78, 5) is 24.0. The fraction of sp³-hybridized carbons (Fsp3) is 0.526. The molecule has 2 aromatic rings. The molecule has 0 saturated carbocycles. The van der Waals surface area contributed by atoms with E-state index in [4.69, 9.17) is 21.1 Å². The fourth-order valence-corrected chi connectivity index (χ4v) is 3.92. The van der Waals surface area contributed by atoms with Gasteiger partial charge in [0.05, 0.1) is 37.8 Å². The number of thiazole rings is 1. The van der Waals surface area contributed by atoms with E-state index in [1.165, 1.54) is 11.3 Å². The predicted octanol–water partition coefficient (Wildman–Crippen LogP) is 3.95. The highest BCUT2D eigenvalue weighted by molar-refractivity contribution is 7.15. The van der Waals surface area contributed by atoms with E-state index in [0.717, 1.165) is 29.2 Å². The number of hydrogen-bond acceptors (Lipinski definition) is 7. The number of carbonyl (C=O) groups excluding carboxylic acids is 1. The zero-order chi connectivity index (χ0) is 21.2. The van der Waals surface area contributed by atoms with Crippen molar-refractivity contribution in [1.29, 1.82) is 0 Å². The molecule has 0 aliphatic carbocycles. The molecule has 3 rings (SSSR count). The molecule has 1 aliphatic heterocycles. The van der Waals surface area contributed by atoms with Gasteiger partial charge in [0.2, 0.25) is 0 Å². The van der Waals surface area contributed by atoms with Crippen LogP contribution in [0.3, 0.4) is 0 Å². The molecule has 2 N–H and O–H groups in total. The Kier molecular flexibility index (Phi) is 9.43. The Morgan fingerprint density at radius 3 is 2.93 bits per heavy atom. The van der Waals surface area contributed by atoms with Crippen LogP contribution >= 0.6 is 22.9 Å². The first-order chi connectivity index (χ1) is 14.1. The summed E-state index contributed by atoms with van der Waals surface area (Å²) in [6.07, 6.45) is 2.53. The number of amides is 2. The highest BCUT2D eigenvalue weighted by Crippen LogP contribution is 2.33. The standard InChI is InChI=1S/C17H22ClN5O3S.C2H6/c1-3-26-7-5-19-16(24)22-17-21-12-4-6-23(10-14(12)27-17)11-8-13(25-2)15(18)20-9-11;1-2/h8-9H,3-7,10H2,1-2H3,(H2,19,21,22,24);1-2H3. The highest BCUT2D eigenvalue weighted by Gasteiger charge is 2.22. The van der Waals surface area contributed by atoms with Crippen LogP contribution in [0.4, 0.5) is 15.6 Å². The zero-order valence-electron chi connectivity index (χ0n) is 17.2. The maximum Gasteiger partial charge on any atom is 0.321 e. The molecule has 3 heterocycles. The molecule has 0 bridgehead atoms. The molecule has 0 spiro atoms. The van der Waals surface area contributed by atoms with Gasteiger partial charge in [-0.1, -0.05) is 36.8 Å². The third-order valence-corrected chi connectivity index (χ3v) is 5.35. The van der Waals surface area contributed by atoms with Crippen LogP contribution < -0.4 is 20.3 Å². The minimum Gasteiger partial charge on any atom is -0.493 e. The molecule has 160 valence electrons. The van der Waals surface area contributed by atoms with Crippen molar-refractivity contribution in [2.24, 2.45) is 0 Å². The van der Waals surface area contributed by atoms with Crippen molar-refractivity contribution in [3.05, 3.63) is 28.0 Å². The van der Waals surface area contributed by atoms with E-state index in [1.807, 2.05) is 26.8 Å². The summed E-state index contributed by atoms with van der Waals surface area (Å²) < 4.78 is 10.4. The van der Waals surface area contributed by atoms with Gasteiger partial charge in [-0.25, -0.2) is 14.8 Å². The molecule has 0 atom stereocenters. The van der Waals surface area contributed by atoms with Crippen molar-refractivity contribution >= 4 is 39.8 Å². The van der Waals surface area contributed by atoms with E-state index in [-0.39, 0.29) is 6.03 Å². The summed E-state index contributed by atoms with van der Waals surface area (Å²) in [5, 5.41) is 6.48. The summed E-state index contributed by atoms with van der Waals surface area (Å²) in [7, 11) is 1.57. The van der Waals surface area contributed by atoms with Crippen LogP contribution in [0.5, 0.6) is 5.75 Å². The number of ether oxygens (including phenoxy) is 2. The average Bonchev–Trinajstić information content (AvgIpc) is 3.14. The molecule has 0 saturated heterocycles. The minimum absolute atomic E-state index is 0.274. The Morgan fingerprint density at radius 1 is 1.41 bits per heavy atom. The second-order valence-electron chi connectivity index (χ2n) is 5.82. The predicted molar refractivity (Wildman–Crippen MR) is 118 cm³/mol. The maximum absolute atomic E-state index is 11.9. The first-order valence-electron chi connectivity index (χ1n) is 9.66. The van der Waals surface area contributed by atoms with E-state index in [9.17, 15) is 4.79 Å². The summed E-state index contributed by atoms with van der Waals surface area (Å²) in [6, 6.07) is 1.61. The van der Waals surface area contributed by atoms with Gasteiger partial charge in [-0.2, -0.15) is 0 Å². The number of anilines is 2. The number of rotatable bonds is 7. The third-order valence-electron chi connectivity index (χ3n) is 4.07. The lowest BCUT2D eigenvalue weighted by molar-refractivity contribution is 0.150. The molecular weight excluding hydrogens is 414 g/mol. The van der Waals surface area contributed by atoms with Gasteiger partial charge in [0, 0.05) is 37.1 Å². The van der Waals surface area contributed by atoms with Crippen LogP contribution in [-0.2, 0) is 17.7 Å². The average molecular weight is 442 g/mol. The number of methoxy groups -OCH3 is 1. The number of pyridine rings is 1. The van der Waals surface area contributed by atoms with Gasteiger partial charge in [-0.05, 0) is 6.92 Å². The van der Waals surface area contributed by atoms with Gasteiger partial charge in [0.25, 0.3) is 0 Å². The molecule has 10 heteroatoms. The molecule has 0 aromatic carbocycles. The lowest BCUT2D eigenvalue weighted by Gasteiger charge is -2.28. The second kappa shape index (κ2) is 11.8. The monoisotopic (exact) mass is 441 g/mol. The smallest absolute Gasteiger partial charge is 0.321 e. The molecule has 2 aromatic heterocycles. The number of nitrogens with zero attached hydrogens (tertiary/aromatic N) is 3. The van der Waals surface area contributed by atoms with Crippen LogP contribution in [0.2, 0.25) is 5.15 Å². The summed E-state index contributed by atoms with van der Waals surface area (Å²) in [5.41, 5.74) is 1.97. The molecule has 0 unspecified atom stereocenters. The summed E-state index contributed by atoms with van der Waals surface area (Å²) in [5.74, 6) is 0.551. The fourth-order valence-electron chi connectivity index (χ4n) is 2.73. The lowest BCUT2D eigenvalue weighted by atomic mass is 10.1. The number of urea groups is 1. The molecule has 0 radical (unpaired) electrons. The quantitative estimate of drug-likeness (QED) is 0.499. The Labute approximate surface area is 180 Å². The van der Waals surface area contributed by atoms with E-state index >= 15 is 0 Å². The first kappa shape index (κ1) is 23.2. The first-order valence-corrected chi connectivity index (χ1v) is 10.9. The normalized spacial score (nSPS) is 12.5. The molecule has 2 amide bonds. The number of carbonyl (C=O) groups is 1. The lowest BCUT2D eigenvalue weighted by Crippen LogP contribution is -2.31. The summed E-state index contributed by atoms with van der Waals surface area (Å²) in [6.45, 7) is 9.01. The Bertz CT molecular complexity index is 802. The van der Waals surface area contributed by atoms with Crippen molar-refractivity contribution in [2.75, 3.05) is 43.6 Å². The third kappa shape index (κ3) is 6.45. The van der Waals surface area contributed by atoms with Gasteiger partial charge in [-0.15, -0.1) is 0 Å². The molecule has 29 heavy (non-hydrogen) atoms. The zero-order valence-corrected chi connectivity index (χ0v) is 18.8. The number of aromatic nitrogens is 2. The SMILES string of the molecule is CC.CCOCCNC(=O)Nc1nc2c(s1)CN(c1cnc(Cl)c(OC)c1)CC2. The van der Waals surface area contributed by atoms with Gasteiger partial charge in [0.15, 0.2) is 16.0 Å². The Morgan fingerprint density at radius 2 is 2.21 bits per heavy atom. The minimum atomic E-state index is -0.274. The van der Waals surface area contributed by atoms with E-state index in [1.54, 1.807) is 13.3 Å². The topological polar surface area (TPSA) is 88.6 Å². The van der Waals surface area contributed by atoms with Gasteiger partial charge >= 0.3 is 6.03 Å². The summed E-state index contributed by atoms with van der Waals surface area (Å²) >= 11 is 7.49. The van der Waals surface area contributed by atoms with Gasteiger partial charge < -0.3 is 19.7 Å². The second-order valence-corrected chi connectivity index (χ2v) is 7.27. The van der Waals surface area contributed by atoms with Crippen LogP contribution in [0, 0.1) is 0 Å². The van der Waals surface area contributed by atoms with E-state index < -0.39 is 0 Å². The van der Waals surface area contributed by atoms with Crippen LogP contribution in [0.1, 0.15) is 31.3 Å². The number of halogens is 1. The number of hydrogen-bond donors (Lipinski definition) is 2. The van der Waals surface area contributed by atoms with Crippen molar-refractivity contribution in [2.45, 2.75) is 33.7 Å². The molecule has 1 aliphatic rings. The van der Waals surface area contributed by atoms with Gasteiger partial charge in [0.1, 0.15) is 0 Å². The van der Waals surface area contributed by atoms with Crippen molar-refractivity contribution < 1.29 is 14.3 Å². The molecular formula is C19H28ClN5O3S. The highest BCUT2D eigenvalue weighted by atomic mass is 35.5. The molecule has 8 nitrogen and oxygen atoms in total. The van der Waals surface area contributed by atoms with E-state index in [0.29, 0.717) is 42.3 Å². The van der Waals surface area contributed by atoms with Crippen LogP contribution in [0.25, 0.3) is 0 Å².